The lowest BCUT2D eigenvalue weighted by atomic mass is 10.3. The second kappa shape index (κ2) is 7.58. The summed E-state index contributed by atoms with van der Waals surface area (Å²) in [7, 11) is 3.41. The van der Waals surface area contributed by atoms with Crippen LogP contribution in [0.4, 0.5) is 0 Å². The van der Waals surface area contributed by atoms with Gasteiger partial charge in [-0.1, -0.05) is 13.3 Å². The molecule has 1 rings (SSSR count). The number of ether oxygens (including phenoxy) is 2. The van der Waals surface area contributed by atoms with E-state index in [2.05, 4.69) is 6.92 Å². The first kappa shape index (κ1) is 14.4. The molecule has 0 saturated heterocycles. The molecule has 0 heterocycles. The molecule has 0 atom stereocenters. The van der Waals surface area contributed by atoms with E-state index in [-0.39, 0.29) is 12.5 Å². The van der Waals surface area contributed by atoms with Crippen molar-refractivity contribution in [2.24, 2.45) is 0 Å². The Kier molecular flexibility index (Phi) is 6.05. The molecule has 0 spiro atoms. The zero-order valence-corrected chi connectivity index (χ0v) is 11.3. The predicted octanol–water partition coefficient (Wildman–Crippen LogP) is 2.33. The first-order valence-electron chi connectivity index (χ1n) is 6.18. The number of hydrogen-bond acceptors (Lipinski definition) is 3. The largest absolute Gasteiger partial charge is 0.497 e. The average Bonchev–Trinajstić information content (AvgIpc) is 2.42. The molecule has 100 valence electrons. The summed E-state index contributed by atoms with van der Waals surface area (Å²) in [6, 6.07) is 7.19. The van der Waals surface area contributed by atoms with Crippen molar-refractivity contribution >= 4 is 5.91 Å². The molecule has 4 heteroatoms. The minimum absolute atomic E-state index is 0.000678. The van der Waals surface area contributed by atoms with E-state index in [0.717, 1.165) is 25.1 Å². The lowest BCUT2D eigenvalue weighted by molar-refractivity contribution is -0.132. The molecule has 1 aromatic carbocycles. The van der Waals surface area contributed by atoms with Crippen LogP contribution < -0.4 is 9.47 Å². The topological polar surface area (TPSA) is 38.8 Å². The molecular weight excluding hydrogens is 230 g/mol. The van der Waals surface area contributed by atoms with Gasteiger partial charge < -0.3 is 14.4 Å². The van der Waals surface area contributed by atoms with Gasteiger partial charge in [0.2, 0.25) is 0 Å². The Hall–Kier alpha value is -1.71. The predicted molar refractivity (Wildman–Crippen MR) is 71.0 cm³/mol. The molecule has 1 aromatic rings. The van der Waals surface area contributed by atoms with Crippen molar-refractivity contribution in [1.82, 2.24) is 4.90 Å². The number of carbonyl (C=O) groups is 1. The van der Waals surface area contributed by atoms with Gasteiger partial charge in [-0.05, 0) is 30.7 Å². The number of benzene rings is 1. The smallest absolute Gasteiger partial charge is 0.260 e. The van der Waals surface area contributed by atoms with Crippen LogP contribution in [0.2, 0.25) is 0 Å². The lowest BCUT2D eigenvalue weighted by Gasteiger charge is -2.16. The second-order valence-corrected chi connectivity index (χ2v) is 4.13. The number of likely N-dealkylation sites (N-methyl/N-ethyl adjacent to an activating group) is 1. The zero-order valence-electron chi connectivity index (χ0n) is 11.3. The van der Waals surface area contributed by atoms with Gasteiger partial charge in [0.15, 0.2) is 6.61 Å². The van der Waals surface area contributed by atoms with Crippen LogP contribution in [-0.4, -0.2) is 38.1 Å². The van der Waals surface area contributed by atoms with Gasteiger partial charge in [0.05, 0.1) is 7.11 Å². The fraction of sp³-hybridized carbons (Fsp3) is 0.500. The van der Waals surface area contributed by atoms with E-state index in [4.69, 9.17) is 9.47 Å². The monoisotopic (exact) mass is 251 g/mol. The van der Waals surface area contributed by atoms with Gasteiger partial charge in [-0.15, -0.1) is 0 Å². The maximum atomic E-state index is 11.7. The summed E-state index contributed by atoms with van der Waals surface area (Å²) in [6.07, 6.45) is 2.10. The highest BCUT2D eigenvalue weighted by Crippen LogP contribution is 2.16. The van der Waals surface area contributed by atoms with Crippen LogP contribution in [0.5, 0.6) is 11.5 Å². The normalized spacial score (nSPS) is 9.94. The molecule has 0 radical (unpaired) electrons. The van der Waals surface area contributed by atoms with Crippen molar-refractivity contribution in [3.8, 4) is 11.5 Å². The Labute approximate surface area is 108 Å². The SMILES string of the molecule is CCCCN(C)C(=O)COc1ccc(OC)cc1. The van der Waals surface area contributed by atoms with Crippen molar-refractivity contribution < 1.29 is 14.3 Å². The summed E-state index contributed by atoms with van der Waals surface area (Å²) in [5.41, 5.74) is 0. The van der Waals surface area contributed by atoms with Gasteiger partial charge in [-0.3, -0.25) is 4.79 Å². The summed E-state index contributed by atoms with van der Waals surface area (Å²) in [5, 5.41) is 0. The minimum atomic E-state index is -0.000678. The van der Waals surface area contributed by atoms with E-state index in [1.165, 1.54) is 0 Å². The van der Waals surface area contributed by atoms with Crippen LogP contribution in [0, 0.1) is 0 Å². The van der Waals surface area contributed by atoms with Crippen LogP contribution in [0.3, 0.4) is 0 Å². The molecule has 0 aromatic heterocycles. The van der Waals surface area contributed by atoms with Crippen LogP contribution >= 0.6 is 0 Å². The maximum Gasteiger partial charge on any atom is 0.260 e. The highest BCUT2D eigenvalue weighted by molar-refractivity contribution is 5.77. The lowest BCUT2D eigenvalue weighted by Crippen LogP contribution is -2.32. The number of nitrogens with zero attached hydrogens (tertiary/aromatic N) is 1. The maximum absolute atomic E-state index is 11.7. The summed E-state index contributed by atoms with van der Waals surface area (Å²) in [6.45, 7) is 2.96. The molecule has 0 aliphatic carbocycles. The molecule has 0 N–H and O–H groups in total. The van der Waals surface area contributed by atoms with Gasteiger partial charge >= 0.3 is 0 Å². The minimum Gasteiger partial charge on any atom is -0.497 e. The first-order chi connectivity index (χ1) is 8.67. The van der Waals surface area contributed by atoms with E-state index in [9.17, 15) is 4.79 Å². The third-order valence-electron chi connectivity index (χ3n) is 2.69. The van der Waals surface area contributed by atoms with Crippen LogP contribution in [0.25, 0.3) is 0 Å². The van der Waals surface area contributed by atoms with Crippen molar-refractivity contribution in [3.63, 3.8) is 0 Å². The average molecular weight is 251 g/mol. The molecule has 0 bridgehead atoms. The number of rotatable bonds is 7. The van der Waals surface area contributed by atoms with Crippen molar-refractivity contribution in [2.75, 3.05) is 27.3 Å². The standard InChI is InChI=1S/C14H21NO3/c1-4-5-10-15(2)14(16)11-18-13-8-6-12(17-3)7-9-13/h6-9H,4-5,10-11H2,1-3H3. The summed E-state index contributed by atoms with van der Waals surface area (Å²) >= 11 is 0. The number of unbranched alkanes of at least 4 members (excludes halogenated alkanes) is 1. The molecule has 1 amide bonds. The third-order valence-corrected chi connectivity index (χ3v) is 2.69. The Balaban J connectivity index is 2.37. The number of carbonyl (C=O) groups excluding carboxylic acids is 1. The van der Waals surface area contributed by atoms with Gasteiger partial charge in [0.1, 0.15) is 11.5 Å². The summed E-state index contributed by atoms with van der Waals surface area (Å²) in [4.78, 5) is 13.4. The highest BCUT2D eigenvalue weighted by atomic mass is 16.5. The van der Waals surface area contributed by atoms with Crippen molar-refractivity contribution in [1.29, 1.82) is 0 Å². The number of amides is 1. The zero-order chi connectivity index (χ0) is 13.4. The van der Waals surface area contributed by atoms with Crippen LogP contribution in [0.1, 0.15) is 19.8 Å². The fourth-order valence-corrected chi connectivity index (χ4v) is 1.45. The van der Waals surface area contributed by atoms with Gasteiger partial charge in [0.25, 0.3) is 5.91 Å². The molecular formula is C14H21NO3. The Morgan fingerprint density at radius 3 is 2.39 bits per heavy atom. The van der Waals surface area contributed by atoms with Crippen molar-refractivity contribution in [2.45, 2.75) is 19.8 Å². The quantitative estimate of drug-likeness (QED) is 0.746. The molecule has 4 nitrogen and oxygen atoms in total. The van der Waals surface area contributed by atoms with Gasteiger partial charge in [-0.25, -0.2) is 0 Å². The molecule has 0 unspecified atom stereocenters. The second-order valence-electron chi connectivity index (χ2n) is 4.13. The summed E-state index contributed by atoms with van der Waals surface area (Å²) in [5.74, 6) is 1.45. The number of methoxy groups -OCH3 is 1. The molecule has 18 heavy (non-hydrogen) atoms. The highest BCUT2D eigenvalue weighted by Gasteiger charge is 2.08. The van der Waals surface area contributed by atoms with E-state index >= 15 is 0 Å². The Bertz CT molecular complexity index is 362. The Morgan fingerprint density at radius 1 is 1.22 bits per heavy atom. The molecule has 0 aliphatic rings. The van der Waals surface area contributed by atoms with E-state index in [1.54, 1.807) is 43.3 Å². The number of hydrogen-bond donors (Lipinski definition) is 0. The first-order valence-corrected chi connectivity index (χ1v) is 6.18. The van der Waals surface area contributed by atoms with Gasteiger partial charge in [0, 0.05) is 13.6 Å². The van der Waals surface area contributed by atoms with E-state index < -0.39 is 0 Å². The third kappa shape index (κ3) is 4.65. The van der Waals surface area contributed by atoms with Crippen LogP contribution in [0.15, 0.2) is 24.3 Å². The van der Waals surface area contributed by atoms with Crippen molar-refractivity contribution in [3.05, 3.63) is 24.3 Å². The van der Waals surface area contributed by atoms with Gasteiger partial charge in [-0.2, -0.15) is 0 Å². The molecule has 0 saturated carbocycles. The van der Waals surface area contributed by atoms with E-state index in [0.29, 0.717) is 5.75 Å². The van der Waals surface area contributed by atoms with E-state index in [1.807, 2.05) is 0 Å². The summed E-state index contributed by atoms with van der Waals surface area (Å²) < 4.78 is 10.5. The fourth-order valence-electron chi connectivity index (χ4n) is 1.45. The van der Waals surface area contributed by atoms with Crippen LogP contribution in [-0.2, 0) is 4.79 Å². The molecule has 0 aliphatic heterocycles. The Morgan fingerprint density at radius 2 is 1.83 bits per heavy atom. The molecule has 0 fully saturated rings.